The Hall–Kier alpha value is -3.44. The van der Waals surface area contributed by atoms with E-state index in [9.17, 15) is 4.79 Å². The summed E-state index contributed by atoms with van der Waals surface area (Å²) in [6.45, 7) is 2.06. The van der Waals surface area contributed by atoms with Gasteiger partial charge in [-0.05, 0) is 18.4 Å². The van der Waals surface area contributed by atoms with Gasteiger partial charge < -0.3 is 5.32 Å². The molecule has 2 heterocycles. The van der Waals surface area contributed by atoms with Crippen LogP contribution in [-0.2, 0) is 0 Å². The van der Waals surface area contributed by atoms with E-state index < -0.39 is 0 Å². The quantitative estimate of drug-likeness (QED) is 0.429. The number of hydrogen-bond donors (Lipinski definition) is 1. The molecule has 0 radical (unpaired) electrons. The normalized spacial score (nSPS) is 11.2. The van der Waals surface area contributed by atoms with Crippen molar-refractivity contribution in [3.63, 3.8) is 0 Å². The number of rotatable bonds is 3. The fraction of sp³-hybridized carbons (Fsp3) is 0.0435. The predicted molar refractivity (Wildman–Crippen MR) is 115 cm³/mol. The SMILES string of the molecule is Cc1ccc(-c2cn3c(C(=O)Nc4cccc5ccccc45)csc3n2)cc1. The molecule has 0 saturated heterocycles. The molecule has 136 valence electrons. The van der Waals surface area contributed by atoms with Crippen molar-refractivity contribution in [3.8, 4) is 11.3 Å². The van der Waals surface area contributed by atoms with Gasteiger partial charge in [-0.15, -0.1) is 11.3 Å². The van der Waals surface area contributed by atoms with Crippen LogP contribution in [0.25, 0.3) is 27.0 Å². The minimum atomic E-state index is -0.143. The number of fused-ring (bicyclic) bond motifs is 2. The topological polar surface area (TPSA) is 46.4 Å². The molecule has 5 heteroatoms. The molecule has 0 spiro atoms. The van der Waals surface area contributed by atoms with E-state index in [2.05, 4.69) is 41.5 Å². The summed E-state index contributed by atoms with van der Waals surface area (Å²) >= 11 is 1.47. The first-order chi connectivity index (χ1) is 13.7. The lowest BCUT2D eigenvalue weighted by Crippen LogP contribution is -2.14. The minimum Gasteiger partial charge on any atom is -0.320 e. The van der Waals surface area contributed by atoms with Crippen molar-refractivity contribution in [3.05, 3.63) is 89.6 Å². The number of imidazole rings is 1. The molecule has 0 bridgehead atoms. The van der Waals surface area contributed by atoms with Gasteiger partial charge in [-0.25, -0.2) is 4.98 Å². The summed E-state index contributed by atoms with van der Waals surface area (Å²) in [5.74, 6) is -0.143. The molecule has 1 N–H and O–H groups in total. The lowest BCUT2D eigenvalue weighted by Gasteiger charge is -2.08. The molecule has 1 amide bonds. The second kappa shape index (κ2) is 6.62. The third-order valence-electron chi connectivity index (χ3n) is 4.83. The Bertz CT molecular complexity index is 1310. The van der Waals surface area contributed by atoms with Crippen molar-refractivity contribution in [2.45, 2.75) is 6.92 Å². The molecule has 5 aromatic rings. The van der Waals surface area contributed by atoms with Crippen molar-refractivity contribution in [2.24, 2.45) is 0 Å². The predicted octanol–water partition coefficient (Wildman–Crippen LogP) is 5.78. The van der Waals surface area contributed by atoms with Crippen LogP contribution in [0.3, 0.4) is 0 Å². The number of hydrogen-bond acceptors (Lipinski definition) is 3. The Balaban J connectivity index is 1.50. The van der Waals surface area contributed by atoms with Crippen LogP contribution in [0.1, 0.15) is 16.1 Å². The number of amides is 1. The van der Waals surface area contributed by atoms with Crippen molar-refractivity contribution < 1.29 is 4.79 Å². The highest BCUT2D eigenvalue weighted by Gasteiger charge is 2.16. The molecule has 2 aromatic heterocycles. The van der Waals surface area contributed by atoms with Gasteiger partial charge in [0.1, 0.15) is 5.69 Å². The third kappa shape index (κ3) is 2.86. The van der Waals surface area contributed by atoms with Crippen molar-refractivity contribution in [1.29, 1.82) is 0 Å². The number of thiazole rings is 1. The maximum Gasteiger partial charge on any atom is 0.273 e. The molecule has 0 atom stereocenters. The van der Waals surface area contributed by atoms with Gasteiger partial charge >= 0.3 is 0 Å². The van der Waals surface area contributed by atoms with Crippen LogP contribution in [0.4, 0.5) is 5.69 Å². The average molecular weight is 383 g/mol. The Kier molecular flexibility index (Phi) is 3.95. The van der Waals surface area contributed by atoms with E-state index in [1.165, 1.54) is 16.9 Å². The molecule has 4 nitrogen and oxygen atoms in total. The number of nitrogens with one attached hydrogen (secondary N) is 1. The summed E-state index contributed by atoms with van der Waals surface area (Å²) in [5, 5.41) is 7.03. The van der Waals surface area contributed by atoms with Gasteiger partial charge in [0.15, 0.2) is 4.96 Å². The van der Waals surface area contributed by atoms with Crippen LogP contribution < -0.4 is 5.32 Å². The van der Waals surface area contributed by atoms with Gasteiger partial charge in [-0.2, -0.15) is 0 Å². The largest absolute Gasteiger partial charge is 0.320 e. The van der Waals surface area contributed by atoms with Gasteiger partial charge in [0, 0.05) is 28.2 Å². The Morgan fingerprint density at radius 3 is 2.64 bits per heavy atom. The van der Waals surface area contributed by atoms with E-state index in [4.69, 9.17) is 0 Å². The summed E-state index contributed by atoms with van der Waals surface area (Å²) in [6, 6.07) is 22.2. The van der Waals surface area contributed by atoms with Crippen molar-refractivity contribution >= 4 is 38.7 Å². The Labute approximate surface area is 166 Å². The molecule has 0 aliphatic heterocycles. The molecule has 28 heavy (non-hydrogen) atoms. The smallest absolute Gasteiger partial charge is 0.273 e. The maximum atomic E-state index is 13.0. The Morgan fingerprint density at radius 1 is 1.00 bits per heavy atom. The van der Waals surface area contributed by atoms with E-state index in [1.807, 2.05) is 58.4 Å². The molecule has 0 aliphatic rings. The zero-order chi connectivity index (χ0) is 19.1. The Morgan fingerprint density at radius 2 is 1.79 bits per heavy atom. The summed E-state index contributed by atoms with van der Waals surface area (Å²) in [4.78, 5) is 18.4. The first-order valence-corrected chi connectivity index (χ1v) is 9.90. The van der Waals surface area contributed by atoms with Crippen LogP contribution in [-0.4, -0.2) is 15.3 Å². The first-order valence-electron chi connectivity index (χ1n) is 9.02. The van der Waals surface area contributed by atoms with Crippen LogP contribution in [0.5, 0.6) is 0 Å². The van der Waals surface area contributed by atoms with E-state index in [0.717, 1.165) is 32.7 Å². The summed E-state index contributed by atoms with van der Waals surface area (Å²) in [7, 11) is 0. The third-order valence-corrected chi connectivity index (χ3v) is 5.67. The van der Waals surface area contributed by atoms with Gasteiger partial charge in [0.05, 0.1) is 5.69 Å². The van der Waals surface area contributed by atoms with Crippen LogP contribution >= 0.6 is 11.3 Å². The molecule has 0 unspecified atom stereocenters. The molecule has 0 saturated carbocycles. The molecule has 0 aliphatic carbocycles. The second-order valence-electron chi connectivity index (χ2n) is 6.75. The highest BCUT2D eigenvalue weighted by Crippen LogP contribution is 2.26. The van der Waals surface area contributed by atoms with Crippen molar-refractivity contribution in [1.82, 2.24) is 9.38 Å². The number of carbonyl (C=O) groups is 1. The molecular weight excluding hydrogens is 366 g/mol. The number of aryl methyl sites for hydroxylation is 1. The zero-order valence-electron chi connectivity index (χ0n) is 15.2. The monoisotopic (exact) mass is 383 g/mol. The van der Waals surface area contributed by atoms with Crippen LogP contribution in [0.2, 0.25) is 0 Å². The lowest BCUT2D eigenvalue weighted by atomic mass is 10.1. The molecule has 0 fully saturated rings. The maximum absolute atomic E-state index is 13.0. The van der Waals surface area contributed by atoms with Gasteiger partial charge in [-0.3, -0.25) is 9.20 Å². The fourth-order valence-electron chi connectivity index (χ4n) is 3.33. The minimum absolute atomic E-state index is 0.143. The number of benzene rings is 3. The van der Waals surface area contributed by atoms with E-state index in [0.29, 0.717) is 5.69 Å². The number of anilines is 1. The van der Waals surface area contributed by atoms with Crippen LogP contribution in [0.15, 0.2) is 78.3 Å². The van der Waals surface area contributed by atoms with E-state index in [-0.39, 0.29) is 5.91 Å². The summed E-state index contributed by atoms with van der Waals surface area (Å²) in [5.41, 5.74) is 4.51. The van der Waals surface area contributed by atoms with E-state index >= 15 is 0 Å². The zero-order valence-corrected chi connectivity index (χ0v) is 16.0. The van der Waals surface area contributed by atoms with Gasteiger partial charge in [0.2, 0.25) is 0 Å². The molecule has 3 aromatic carbocycles. The molecule has 5 rings (SSSR count). The first kappa shape index (κ1) is 16.7. The summed E-state index contributed by atoms with van der Waals surface area (Å²) in [6.07, 6.45) is 1.93. The second-order valence-corrected chi connectivity index (χ2v) is 7.58. The van der Waals surface area contributed by atoms with Crippen LogP contribution in [0, 0.1) is 6.92 Å². The lowest BCUT2D eigenvalue weighted by molar-refractivity contribution is 0.102. The number of nitrogens with zero attached hydrogens (tertiary/aromatic N) is 2. The highest BCUT2D eigenvalue weighted by atomic mass is 32.1. The van der Waals surface area contributed by atoms with Gasteiger partial charge in [-0.1, -0.05) is 66.2 Å². The number of carbonyl (C=O) groups excluding carboxylic acids is 1. The summed E-state index contributed by atoms with van der Waals surface area (Å²) < 4.78 is 1.86. The molecular formula is C23H17N3OS. The number of aromatic nitrogens is 2. The van der Waals surface area contributed by atoms with Crippen molar-refractivity contribution in [2.75, 3.05) is 5.32 Å². The average Bonchev–Trinajstić information content (AvgIpc) is 3.29. The van der Waals surface area contributed by atoms with E-state index in [1.54, 1.807) is 0 Å². The fourth-order valence-corrected chi connectivity index (χ4v) is 4.18. The van der Waals surface area contributed by atoms with Gasteiger partial charge in [0.25, 0.3) is 5.91 Å². The standard InChI is InChI=1S/C23H17N3OS/c1-15-9-11-17(12-10-15)20-13-26-21(14-28-23(26)25-20)22(27)24-19-8-4-6-16-5-2-3-7-18(16)19/h2-14H,1H3,(H,24,27). The highest BCUT2D eigenvalue weighted by molar-refractivity contribution is 7.15.